The molecular weight excluding hydrogens is 408 g/mol. The van der Waals surface area contributed by atoms with E-state index < -0.39 is 30.1 Å². The van der Waals surface area contributed by atoms with Crippen LogP contribution in [0.1, 0.15) is 50.7 Å². The van der Waals surface area contributed by atoms with Crippen LogP contribution in [0.3, 0.4) is 0 Å². The minimum atomic E-state index is -1.11. The molecule has 0 radical (unpaired) electrons. The van der Waals surface area contributed by atoms with E-state index in [2.05, 4.69) is 22.8 Å². The van der Waals surface area contributed by atoms with Gasteiger partial charge in [0.1, 0.15) is 18.7 Å². The number of hydrogen-bond donors (Lipinski definition) is 3. The van der Waals surface area contributed by atoms with Crippen LogP contribution in [-0.4, -0.2) is 41.8 Å². The Labute approximate surface area is 188 Å². The molecule has 1 aliphatic rings. The highest BCUT2D eigenvalue weighted by molar-refractivity contribution is 5.89. The Morgan fingerprint density at radius 3 is 2.00 bits per heavy atom. The van der Waals surface area contributed by atoms with Crippen LogP contribution in [0.4, 0.5) is 4.79 Å². The van der Waals surface area contributed by atoms with Gasteiger partial charge in [-0.25, -0.2) is 9.59 Å². The first kappa shape index (κ1) is 23.3. The van der Waals surface area contributed by atoms with E-state index in [4.69, 9.17) is 4.74 Å². The molecule has 0 bridgehead atoms. The van der Waals surface area contributed by atoms with Crippen molar-refractivity contribution < 1.29 is 24.2 Å². The van der Waals surface area contributed by atoms with Gasteiger partial charge in [0.2, 0.25) is 5.91 Å². The number of amides is 2. The number of nitrogens with one attached hydrogen (secondary N) is 2. The van der Waals surface area contributed by atoms with Crippen LogP contribution in [0.25, 0.3) is 11.1 Å². The SMILES string of the molecule is CCC(C)[C@H](NC(=O)OCC1c2ccccc2-c2ccccc21)C(=O)N[C@@H](CC)C(=O)O. The quantitative estimate of drug-likeness (QED) is 0.550. The Kier molecular flexibility index (Phi) is 7.51. The van der Waals surface area contributed by atoms with Gasteiger partial charge in [-0.1, -0.05) is 75.7 Å². The van der Waals surface area contributed by atoms with Crippen molar-refractivity contribution >= 4 is 18.0 Å². The van der Waals surface area contributed by atoms with Gasteiger partial charge >= 0.3 is 12.1 Å². The molecule has 32 heavy (non-hydrogen) atoms. The van der Waals surface area contributed by atoms with Gasteiger partial charge in [-0.15, -0.1) is 0 Å². The fourth-order valence-electron chi connectivity index (χ4n) is 4.07. The van der Waals surface area contributed by atoms with Crippen molar-refractivity contribution in [1.29, 1.82) is 0 Å². The zero-order valence-corrected chi connectivity index (χ0v) is 18.6. The molecule has 3 rings (SSSR count). The Bertz CT molecular complexity index is 944. The van der Waals surface area contributed by atoms with Gasteiger partial charge in [0.15, 0.2) is 0 Å². The predicted molar refractivity (Wildman–Crippen MR) is 121 cm³/mol. The van der Waals surface area contributed by atoms with Gasteiger partial charge in [0.25, 0.3) is 0 Å². The number of carboxylic acid groups (broad SMARTS) is 1. The number of aliphatic carboxylic acids is 1. The first-order valence-electron chi connectivity index (χ1n) is 11.0. The third kappa shape index (κ3) is 4.93. The van der Waals surface area contributed by atoms with E-state index in [1.54, 1.807) is 6.92 Å². The maximum absolute atomic E-state index is 12.7. The van der Waals surface area contributed by atoms with Gasteiger partial charge in [-0.3, -0.25) is 4.79 Å². The maximum Gasteiger partial charge on any atom is 0.407 e. The monoisotopic (exact) mass is 438 g/mol. The molecule has 1 aliphatic carbocycles. The number of fused-ring (bicyclic) bond motifs is 3. The normalized spacial score (nSPS) is 15.1. The number of benzene rings is 2. The van der Waals surface area contributed by atoms with Crippen LogP contribution in [0.2, 0.25) is 0 Å². The zero-order chi connectivity index (χ0) is 23.3. The number of carbonyl (C=O) groups excluding carboxylic acids is 2. The van der Waals surface area contributed by atoms with Gasteiger partial charge in [-0.2, -0.15) is 0 Å². The van der Waals surface area contributed by atoms with Crippen LogP contribution in [-0.2, 0) is 14.3 Å². The molecular formula is C25H30N2O5. The van der Waals surface area contributed by atoms with E-state index in [1.165, 1.54) is 0 Å². The van der Waals surface area contributed by atoms with Gasteiger partial charge in [-0.05, 0) is 34.6 Å². The molecule has 2 aromatic carbocycles. The minimum Gasteiger partial charge on any atom is -0.480 e. The van der Waals surface area contributed by atoms with E-state index in [0.29, 0.717) is 6.42 Å². The average molecular weight is 439 g/mol. The Hall–Kier alpha value is -3.35. The summed E-state index contributed by atoms with van der Waals surface area (Å²) in [6.45, 7) is 5.55. The minimum absolute atomic E-state index is 0.0829. The molecule has 0 aliphatic heterocycles. The standard InChI is InChI=1S/C25H30N2O5/c1-4-15(3)22(23(28)26-21(5-2)24(29)30)27-25(31)32-14-20-18-12-8-6-10-16(18)17-11-7-9-13-19(17)20/h6-13,15,20-22H,4-5,14H2,1-3H3,(H,26,28)(H,27,31)(H,29,30)/t15?,21-,22-/m0/s1. The molecule has 7 heteroatoms. The molecule has 1 unspecified atom stereocenters. The molecule has 3 N–H and O–H groups in total. The first-order valence-corrected chi connectivity index (χ1v) is 11.0. The number of alkyl carbamates (subject to hydrolysis) is 1. The smallest absolute Gasteiger partial charge is 0.407 e. The lowest BCUT2D eigenvalue weighted by Crippen LogP contribution is -2.54. The molecule has 170 valence electrons. The van der Waals surface area contributed by atoms with Crippen molar-refractivity contribution in [3.63, 3.8) is 0 Å². The Balaban J connectivity index is 1.68. The highest BCUT2D eigenvalue weighted by atomic mass is 16.5. The van der Waals surface area contributed by atoms with Crippen molar-refractivity contribution in [2.75, 3.05) is 6.61 Å². The summed E-state index contributed by atoms with van der Waals surface area (Å²) in [6, 6.07) is 14.2. The van der Waals surface area contributed by atoms with Crippen molar-refractivity contribution in [3.05, 3.63) is 59.7 Å². The molecule has 3 atom stereocenters. The lowest BCUT2D eigenvalue weighted by Gasteiger charge is -2.25. The second kappa shape index (κ2) is 10.3. The lowest BCUT2D eigenvalue weighted by atomic mass is 9.98. The summed E-state index contributed by atoms with van der Waals surface area (Å²) < 4.78 is 5.55. The summed E-state index contributed by atoms with van der Waals surface area (Å²) in [5, 5.41) is 14.4. The molecule has 0 heterocycles. The highest BCUT2D eigenvalue weighted by Gasteiger charge is 2.32. The van der Waals surface area contributed by atoms with Crippen molar-refractivity contribution in [2.45, 2.75) is 51.6 Å². The van der Waals surface area contributed by atoms with Crippen LogP contribution in [0.5, 0.6) is 0 Å². The third-order valence-electron chi connectivity index (χ3n) is 6.14. The highest BCUT2D eigenvalue weighted by Crippen LogP contribution is 2.44. The Morgan fingerprint density at radius 1 is 0.938 bits per heavy atom. The topological polar surface area (TPSA) is 105 Å². The van der Waals surface area contributed by atoms with Crippen LogP contribution < -0.4 is 10.6 Å². The van der Waals surface area contributed by atoms with Crippen LogP contribution >= 0.6 is 0 Å². The zero-order valence-electron chi connectivity index (χ0n) is 18.6. The number of carbonyl (C=O) groups is 3. The van der Waals surface area contributed by atoms with Crippen molar-refractivity contribution in [2.24, 2.45) is 5.92 Å². The second-order valence-corrected chi connectivity index (χ2v) is 8.14. The summed E-state index contributed by atoms with van der Waals surface area (Å²) in [5.41, 5.74) is 4.47. The van der Waals surface area contributed by atoms with Crippen molar-refractivity contribution in [1.82, 2.24) is 10.6 Å². The summed E-state index contributed by atoms with van der Waals surface area (Å²) in [4.78, 5) is 36.6. The van der Waals surface area contributed by atoms with E-state index in [-0.39, 0.29) is 24.9 Å². The molecule has 0 saturated heterocycles. The maximum atomic E-state index is 12.7. The predicted octanol–water partition coefficient (Wildman–Crippen LogP) is 3.92. The van der Waals surface area contributed by atoms with Crippen molar-refractivity contribution in [3.8, 4) is 11.1 Å². The van der Waals surface area contributed by atoms with E-state index >= 15 is 0 Å². The molecule has 0 spiro atoms. The molecule has 0 aromatic heterocycles. The number of ether oxygens (including phenoxy) is 1. The Morgan fingerprint density at radius 2 is 1.50 bits per heavy atom. The first-order chi connectivity index (χ1) is 15.4. The van der Waals surface area contributed by atoms with Gasteiger partial charge in [0, 0.05) is 5.92 Å². The third-order valence-corrected chi connectivity index (χ3v) is 6.14. The summed E-state index contributed by atoms with van der Waals surface area (Å²) in [7, 11) is 0. The number of carboxylic acids is 1. The molecule has 7 nitrogen and oxygen atoms in total. The average Bonchev–Trinajstić information content (AvgIpc) is 3.12. The summed E-state index contributed by atoms with van der Waals surface area (Å²) in [5.74, 6) is -1.91. The van der Waals surface area contributed by atoms with E-state index in [1.807, 2.05) is 50.2 Å². The number of hydrogen-bond acceptors (Lipinski definition) is 4. The number of rotatable bonds is 9. The second-order valence-electron chi connectivity index (χ2n) is 8.14. The van der Waals surface area contributed by atoms with Crippen LogP contribution in [0, 0.1) is 5.92 Å². The fourth-order valence-corrected chi connectivity index (χ4v) is 4.07. The fraction of sp³-hybridized carbons (Fsp3) is 0.400. The largest absolute Gasteiger partial charge is 0.480 e. The molecule has 2 aromatic rings. The molecule has 0 saturated carbocycles. The summed E-state index contributed by atoms with van der Waals surface area (Å²) in [6.07, 6.45) is 0.181. The van der Waals surface area contributed by atoms with Gasteiger partial charge in [0.05, 0.1) is 0 Å². The molecule has 0 fully saturated rings. The molecule has 2 amide bonds. The van der Waals surface area contributed by atoms with Crippen LogP contribution in [0.15, 0.2) is 48.5 Å². The van der Waals surface area contributed by atoms with E-state index in [0.717, 1.165) is 22.3 Å². The van der Waals surface area contributed by atoms with E-state index in [9.17, 15) is 19.5 Å². The summed E-state index contributed by atoms with van der Waals surface area (Å²) >= 11 is 0. The lowest BCUT2D eigenvalue weighted by molar-refractivity contribution is -0.142. The van der Waals surface area contributed by atoms with Gasteiger partial charge < -0.3 is 20.5 Å².